The summed E-state index contributed by atoms with van der Waals surface area (Å²) in [6.45, 7) is 6.86. The molecule has 2 aliphatic rings. The molecule has 0 aromatic carbocycles. The Morgan fingerprint density at radius 2 is 2.00 bits per heavy atom. The van der Waals surface area contributed by atoms with Gasteiger partial charge in [0.15, 0.2) is 0 Å². The lowest BCUT2D eigenvalue weighted by molar-refractivity contribution is 0.378. The third-order valence-corrected chi connectivity index (χ3v) is 4.87. The molecular formula is C16H27N3. The van der Waals surface area contributed by atoms with Crippen LogP contribution in [0.2, 0.25) is 0 Å². The van der Waals surface area contributed by atoms with Crippen molar-refractivity contribution in [2.45, 2.75) is 77.8 Å². The summed E-state index contributed by atoms with van der Waals surface area (Å²) in [7, 11) is 0. The standard InChI is InChI=1S/C16H27N3/c1-12-11-19(14-6-4-5-7-14)15(17-12)18-13-8-9-16(2,3)10-13/h11,13-14H,4-10H2,1-3H3,(H,17,18). The molecule has 1 aromatic rings. The van der Waals surface area contributed by atoms with Crippen molar-refractivity contribution >= 4 is 5.95 Å². The van der Waals surface area contributed by atoms with Crippen molar-refractivity contribution in [3.8, 4) is 0 Å². The van der Waals surface area contributed by atoms with Gasteiger partial charge in [-0.25, -0.2) is 4.98 Å². The van der Waals surface area contributed by atoms with Gasteiger partial charge in [-0.15, -0.1) is 0 Å². The number of hydrogen-bond donors (Lipinski definition) is 1. The second kappa shape index (κ2) is 4.84. The van der Waals surface area contributed by atoms with Crippen LogP contribution in [0.3, 0.4) is 0 Å². The molecule has 106 valence electrons. The van der Waals surface area contributed by atoms with Crippen LogP contribution in [-0.4, -0.2) is 15.6 Å². The van der Waals surface area contributed by atoms with E-state index in [-0.39, 0.29) is 0 Å². The van der Waals surface area contributed by atoms with Crippen LogP contribution in [0, 0.1) is 12.3 Å². The van der Waals surface area contributed by atoms with E-state index in [1.54, 1.807) is 0 Å². The lowest BCUT2D eigenvalue weighted by atomic mass is 9.92. The molecule has 0 amide bonds. The maximum atomic E-state index is 4.72. The number of nitrogens with one attached hydrogen (secondary N) is 1. The van der Waals surface area contributed by atoms with Crippen molar-refractivity contribution in [3.63, 3.8) is 0 Å². The Morgan fingerprint density at radius 1 is 1.26 bits per heavy atom. The Morgan fingerprint density at radius 3 is 2.63 bits per heavy atom. The number of anilines is 1. The first kappa shape index (κ1) is 13.0. The second-order valence-corrected chi connectivity index (χ2v) is 7.30. The van der Waals surface area contributed by atoms with Gasteiger partial charge < -0.3 is 9.88 Å². The van der Waals surface area contributed by atoms with Gasteiger partial charge in [0.2, 0.25) is 5.95 Å². The molecule has 0 radical (unpaired) electrons. The first-order valence-corrected chi connectivity index (χ1v) is 7.85. The van der Waals surface area contributed by atoms with Gasteiger partial charge in [0.25, 0.3) is 0 Å². The molecule has 3 nitrogen and oxygen atoms in total. The molecule has 1 atom stereocenters. The van der Waals surface area contributed by atoms with Crippen LogP contribution in [0.25, 0.3) is 0 Å². The number of aromatic nitrogens is 2. The summed E-state index contributed by atoms with van der Waals surface area (Å²) in [6, 6.07) is 1.29. The summed E-state index contributed by atoms with van der Waals surface area (Å²) in [5.74, 6) is 1.12. The van der Waals surface area contributed by atoms with E-state index in [9.17, 15) is 0 Å². The Balaban J connectivity index is 1.73. The normalized spacial score (nSPS) is 27.0. The summed E-state index contributed by atoms with van der Waals surface area (Å²) in [4.78, 5) is 4.72. The molecule has 1 aromatic heterocycles. The van der Waals surface area contributed by atoms with Crippen LogP contribution in [0.15, 0.2) is 6.20 Å². The molecule has 0 spiro atoms. The van der Waals surface area contributed by atoms with Crippen LogP contribution < -0.4 is 5.32 Å². The third kappa shape index (κ3) is 2.80. The van der Waals surface area contributed by atoms with Crippen molar-refractivity contribution in [1.29, 1.82) is 0 Å². The number of hydrogen-bond acceptors (Lipinski definition) is 2. The summed E-state index contributed by atoms with van der Waals surface area (Å²) in [5.41, 5.74) is 1.64. The average Bonchev–Trinajstić information content (AvgIpc) is 3.00. The third-order valence-electron chi connectivity index (χ3n) is 4.87. The van der Waals surface area contributed by atoms with Gasteiger partial charge in [-0.05, 0) is 44.4 Å². The minimum absolute atomic E-state index is 0.498. The smallest absolute Gasteiger partial charge is 0.203 e. The zero-order chi connectivity index (χ0) is 13.5. The molecule has 3 heteroatoms. The highest BCUT2D eigenvalue weighted by atomic mass is 15.2. The fourth-order valence-electron chi connectivity index (χ4n) is 3.83. The van der Waals surface area contributed by atoms with E-state index in [0.717, 1.165) is 11.6 Å². The van der Waals surface area contributed by atoms with Crippen LogP contribution >= 0.6 is 0 Å². The predicted molar refractivity (Wildman–Crippen MR) is 79.5 cm³/mol. The molecule has 2 fully saturated rings. The topological polar surface area (TPSA) is 29.9 Å². The molecule has 1 N–H and O–H groups in total. The van der Waals surface area contributed by atoms with Crippen molar-refractivity contribution in [2.24, 2.45) is 5.41 Å². The maximum Gasteiger partial charge on any atom is 0.203 e. The second-order valence-electron chi connectivity index (χ2n) is 7.30. The molecule has 0 bridgehead atoms. The van der Waals surface area contributed by atoms with Gasteiger partial charge in [-0.2, -0.15) is 0 Å². The first-order valence-electron chi connectivity index (χ1n) is 7.85. The molecule has 1 unspecified atom stereocenters. The molecule has 19 heavy (non-hydrogen) atoms. The van der Waals surface area contributed by atoms with Gasteiger partial charge >= 0.3 is 0 Å². The fourth-order valence-corrected chi connectivity index (χ4v) is 3.83. The van der Waals surface area contributed by atoms with Crippen molar-refractivity contribution in [1.82, 2.24) is 9.55 Å². The highest BCUT2D eigenvalue weighted by Crippen LogP contribution is 2.39. The van der Waals surface area contributed by atoms with Gasteiger partial charge in [0.1, 0.15) is 0 Å². The monoisotopic (exact) mass is 261 g/mol. The minimum atomic E-state index is 0.498. The van der Waals surface area contributed by atoms with Crippen LogP contribution in [0.1, 0.15) is 70.5 Å². The van der Waals surface area contributed by atoms with Gasteiger partial charge in [-0.1, -0.05) is 26.7 Å². The Bertz CT molecular complexity index is 441. The fraction of sp³-hybridized carbons (Fsp3) is 0.812. The predicted octanol–water partition coefficient (Wildman–Crippen LogP) is 4.30. The van der Waals surface area contributed by atoms with Crippen molar-refractivity contribution < 1.29 is 0 Å². The zero-order valence-corrected chi connectivity index (χ0v) is 12.6. The van der Waals surface area contributed by atoms with Crippen LogP contribution in [0.4, 0.5) is 5.95 Å². The number of aryl methyl sites for hydroxylation is 1. The molecule has 2 saturated carbocycles. The van der Waals surface area contributed by atoms with E-state index in [4.69, 9.17) is 4.98 Å². The van der Waals surface area contributed by atoms with E-state index in [1.165, 1.54) is 44.9 Å². The number of rotatable bonds is 3. The van der Waals surface area contributed by atoms with Crippen LogP contribution in [0.5, 0.6) is 0 Å². The molecule has 0 aliphatic heterocycles. The molecule has 1 heterocycles. The van der Waals surface area contributed by atoms with E-state index >= 15 is 0 Å². The average molecular weight is 261 g/mol. The first-order chi connectivity index (χ1) is 9.03. The Kier molecular flexibility index (Phi) is 3.32. The van der Waals surface area contributed by atoms with Gasteiger partial charge in [0.05, 0.1) is 5.69 Å². The summed E-state index contributed by atoms with van der Waals surface area (Å²) in [5, 5.41) is 3.71. The number of imidazole rings is 1. The van der Waals surface area contributed by atoms with Gasteiger partial charge in [-0.3, -0.25) is 0 Å². The summed E-state index contributed by atoms with van der Waals surface area (Å²) < 4.78 is 2.41. The Hall–Kier alpha value is -0.990. The van der Waals surface area contributed by atoms with Crippen molar-refractivity contribution in [3.05, 3.63) is 11.9 Å². The highest BCUT2D eigenvalue weighted by Gasteiger charge is 2.32. The van der Waals surface area contributed by atoms with E-state index in [2.05, 4.69) is 36.9 Å². The van der Waals surface area contributed by atoms with Gasteiger partial charge in [0, 0.05) is 18.3 Å². The van der Waals surface area contributed by atoms with Crippen molar-refractivity contribution in [2.75, 3.05) is 5.32 Å². The highest BCUT2D eigenvalue weighted by molar-refractivity contribution is 5.32. The summed E-state index contributed by atoms with van der Waals surface area (Å²) in [6.07, 6.45) is 11.5. The Labute approximate surface area is 116 Å². The number of nitrogens with zero attached hydrogens (tertiary/aromatic N) is 2. The summed E-state index contributed by atoms with van der Waals surface area (Å²) >= 11 is 0. The minimum Gasteiger partial charge on any atom is -0.353 e. The van der Waals surface area contributed by atoms with E-state index in [0.29, 0.717) is 17.5 Å². The molecule has 2 aliphatic carbocycles. The maximum absolute atomic E-state index is 4.72. The zero-order valence-electron chi connectivity index (χ0n) is 12.6. The molecular weight excluding hydrogens is 234 g/mol. The molecule has 0 saturated heterocycles. The largest absolute Gasteiger partial charge is 0.353 e. The van der Waals surface area contributed by atoms with Crippen LogP contribution in [-0.2, 0) is 0 Å². The lowest BCUT2D eigenvalue weighted by Crippen LogP contribution is -2.21. The van der Waals surface area contributed by atoms with E-state index in [1.807, 2.05) is 0 Å². The SMILES string of the molecule is Cc1cn(C2CCCC2)c(NC2CCC(C)(C)C2)n1. The molecule has 3 rings (SSSR count). The lowest BCUT2D eigenvalue weighted by Gasteiger charge is -2.20. The van der Waals surface area contributed by atoms with E-state index < -0.39 is 0 Å². The quantitative estimate of drug-likeness (QED) is 0.879.